The van der Waals surface area contributed by atoms with Crippen LogP contribution in [0.15, 0.2) is 91.0 Å². The fourth-order valence-corrected chi connectivity index (χ4v) is 5.53. The summed E-state index contributed by atoms with van der Waals surface area (Å²) in [5.74, 6) is -0.738. The van der Waals surface area contributed by atoms with Gasteiger partial charge < -0.3 is 14.6 Å². The van der Waals surface area contributed by atoms with Gasteiger partial charge in [-0.3, -0.25) is 4.79 Å². The van der Waals surface area contributed by atoms with Gasteiger partial charge in [0.2, 0.25) is 0 Å². The van der Waals surface area contributed by atoms with Gasteiger partial charge in [0.15, 0.2) is 0 Å². The van der Waals surface area contributed by atoms with Gasteiger partial charge >= 0.3 is 5.97 Å². The molecule has 5 aromatic rings. The van der Waals surface area contributed by atoms with E-state index in [1.54, 1.807) is 0 Å². The van der Waals surface area contributed by atoms with E-state index in [-0.39, 0.29) is 6.42 Å². The third-order valence-corrected chi connectivity index (χ3v) is 7.40. The Morgan fingerprint density at radius 1 is 0.778 bits per heavy atom. The first-order valence-corrected chi connectivity index (χ1v) is 12.9. The molecular weight excluding hydrogens is 444 g/mol. The number of carboxylic acids is 1. The minimum Gasteiger partial charge on any atom is -0.481 e. The Morgan fingerprint density at radius 2 is 1.50 bits per heavy atom. The van der Waals surface area contributed by atoms with Gasteiger partial charge in [-0.05, 0) is 84.0 Å². The van der Waals surface area contributed by atoms with Crippen molar-refractivity contribution in [1.82, 2.24) is 4.57 Å². The summed E-state index contributed by atoms with van der Waals surface area (Å²) in [6.07, 6.45) is 4.18. The summed E-state index contributed by atoms with van der Waals surface area (Å²) in [6, 6.07) is 32.9. The summed E-state index contributed by atoms with van der Waals surface area (Å²) < 4.78 is 2.35. The van der Waals surface area contributed by atoms with Crippen LogP contribution in [-0.4, -0.2) is 28.7 Å². The van der Waals surface area contributed by atoms with Crippen molar-refractivity contribution in [1.29, 1.82) is 0 Å². The summed E-state index contributed by atoms with van der Waals surface area (Å²) in [4.78, 5) is 13.3. The number of nitrogens with zero attached hydrogens (tertiary/aromatic N) is 2. The Labute approximate surface area is 211 Å². The molecule has 6 rings (SSSR count). The number of aliphatic carboxylic acids is 1. The van der Waals surface area contributed by atoms with Gasteiger partial charge in [-0.2, -0.15) is 0 Å². The van der Waals surface area contributed by atoms with Crippen molar-refractivity contribution in [2.45, 2.75) is 32.1 Å². The molecule has 0 radical (unpaired) electrons. The summed E-state index contributed by atoms with van der Waals surface area (Å²) in [5, 5.41) is 12.7. The quantitative estimate of drug-likeness (QED) is 0.266. The second-order valence-corrected chi connectivity index (χ2v) is 9.74. The highest BCUT2D eigenvalue weighted by Gasteiger charge is 2.16. The molecular formula is C32H30N2O2. The van der Waals surface area contributed by atoms with E-state index in [2.05, 4.69) is 100 Å². The molecule has 1 aromatic heterocycles. The summed E-state index contributed by atoms with van der Waals surface area (Å²) in [5.41, 5.74) is 7.14. The zero-order chi connectivity index (χ0) is 24.5. The number of carbonyl (C=O) groups is 1. The molecule has 36 heavy (non-hydrogen) atoms. The average molecular weight is 475 g/mol. The molecule has 0 saturated carbocycles. The van der Waals surface area contributed by atoms with Gasteiger partial charge in [0.25, 0.3) is 0 Å². The van der Waals surface area contributed by atoms with E-state index in [9.17, 15) is 4.79 Å². The zero-order valence-electron chi connectivity index (χ0n) is 20.4. The number of rotatable bonds is 7. The minimum atomic E-state index is -0.738. The van der Waals surface area contributed by atoms with Gasteiger partial charge in [-0.15, -0.1) is 0 Å². The van der Waals surface area contributed by atoms with Crippen LogP contribution in [0.4, 0.5) is 5.69 Å². The highest BCUT2D eigenvalue weighted by atomic mass is 16.4. The van der Waals surface area contributed by atoms with Gasteiger partial charge in [-0.25, -0.2) is 0 Å². The molecule has 180 valence electrons. The molecule has 1 aliphatic rings. The summed E-state index contributed by atoms with van der Waals surface area (Å²) >= 11 is 0. The maximum atomic E-state index is 10.9. The van der Waals surface area contributed by atoms with Crippen molar-refractivity contribution in [3.63, 3.8) is 0 Å². The molecule has 0 bridgehead atoms. The largest absolute Gasteiger partial charge is 0.481 e. The van der Waals surface area contributed by atoms with E-state index >= 15 is 0 Å². The van der Waals surface area contributed by atoms with Crippen molar-refractivity contribution in [2.24, 2.45) is 0 Å². The van der Waals surface area contributed by atoms with E-state index in [0.29, 0.717) is 6.42 Å². The Kier molecular flexibility index (Phi) is 5.94. The van der Waals surface area contributed by atoms with E-state index in [4.69, 9.17) is 5.11 Å². The minimum absolute atomic E-state index is 0.203. The highest BCUT2D eigenvalue weighted by Crippen LogP contribution is 2.36. The van der Waals surface area contributed by atoms with Crippen LogP contribution < -0.4 is 4.90 Å². The zero-order valence-corrected chi connectivity index (χ0v) is 20.4. The van der Waals surface area contributed by atoms with Crippen molar-refractivity contribution in [3.05, 3.63) is 96.6 Å². The fourth-order valence-electron chi connectivity index (χ4n) is 5.53. The lowest BCUT2D eigenvalue weighted by Crippen LogP contribution is -2.17. The fraction of sp³-hybridized carbons (Fsp3) is 0.219. The number of fused-ring (bicyclic) bond motifs is 3. The molecule has 4 heteroatoms. The van der Waals surface area contributed by atoms with Crippen LogP contribution in [-0.2, 0) is 11.2 Å². The van der Waals surface area contributed by atoms with Crippen LogP contribution in [0.5, 0.6) is 0 Å². The first kappa shape index (κ1) is 22.4. The second kappa shape index (κ2) is 9.54. The number of benzene rings is 4. The normalized spacial score (nSPS) is 13.6. The Balaban J connectivity index is 1.44. The van der Waals surface area contributed by atoms with E-state index in [1.807, 2.05) is 0 Å². The van der Waals surface area contributed by atoms with Gasteiger partial charge in [0.1, 0.15) is 0 Å². The monoisotopic (exact) mass is 474 g/mol. The number of aryl methyl sites for hydroxylation is 1. The van der Waals surface area contributed by atoms with Gasteiger partial charge in [0.05, 0.1) is 11.2 Å². The van der Waals surface area contributed by atoms with Crippen molar-refractivity contribution in [2.75, 3.05) is 18.0 Å². The molecule has 4 nitrogen and oxygen atoms in total. The number of hydrogen-bond acceptors (Lipinski definition) is 2. The predicted octanol–water partition coefficient (Wildman–Crippen LogP) is 7.46. The molecule has 1 fully saturated rings. The number of carboxylic acid groups (broad SMARTS) is 1. The molecule has 1 saturated heterocycles. The lowest BCUT2D eigenvalue weighted by atomic mass is 10.1. The van der Waals surface area contributed by atoms with E-state index < -0.39 is 5.97 Å². The summed E-state index contributed by atoms with van der Waals surface area (Å²) in [6.45, 7) is 2.29. The van der Waals surface area contributed by atoms with Crippen molar-refractivity contribution >= 4 is 33.3 Å². The molecule has 0 unspecified atom stereocenters. The van der Waals surface area contributed by atoms with Crippen molar-refractivity contribution < 1.29 is 9.90 Å². The van der Waals surface area contributed by atoms with Crippen LogP contribution >= 0.6 is 0 Å². The van der Waals surface area contributed by atoms with Crippen LogP contribution in [0.25, 0.3) is 38.6 Å². The molecule has 0 atom stereocenters. The SMILES string of the molecule is O=C(O)CCCc1ccc(-n2c(-c3ccc(N4CCCC4)cc3)cc3c4ccccc4ccc32)cc1. The molecule has 0 amide bonds. The second-order valence-electron chi connectivity index (χ2n) is 9.74. The number of hydrogen-bond donors (Lipinski definition) is 1. The lowest BCUT2D eigenvalue weighted by Gasteiger charge is -2.18. The maximum Gasteiger partial charge on any atom is 0.303 e. The Bertz CT molecular complexity index is 1530. The van der Waals surface area contributed by atoms with Crippen molar-refractivity contribution in [3.8, 4) is 16.9 Å². The number of aromatic nitrogens is 1. The standard InChI is InChI=1S/C32H30N2O2/c35-32(36)9-5-6-23-10-15-27(16-11-23)34-30-19-14-24-7-1-2-8-28(24)29(30)22-31(34)25-12-17-26(18-13-25)33-20-3-4-21-33/h1-2,7-8,10-19,22H,3-6,9,20-21H2,(H,35,36). The lowest BCUT2D eigenvalue weighted by molar-refractivity contribution is -0.137. The predicted molar refractivity (Wildman–Crippen MR) is 148 cm³/mol. The third-order valence-electron chi connectivity index (χ3n) is 7.40. The average Bonchev–Trinajstić information content (AvgIpc) is 3.58. The first-order valence-electron chi connectivity index (χ1n) is 12.9. The van der Waals surface area contributed by atoms with Crippen LogP contribution in [0.1, 0.15) is 31.2 Å². The highest BCUT2D eigenvalue weighted by molar-refractivity contribution is 6.09. The topological polar surface area (TPSA) is 45.5 Å². The molecule has 4 aromatic carbocycles. The van der Waals surface area contributed by atoms with Gasteiger partial charge in [-0.1, -0.05) is 54.6 Å². The Hall–Kier alpha value is -4.05. The molecule has 0 aliphatic carbocycles. The smallest absolute Gasteiger partial charge is 0.303 e. The van der Waals surface area contributed by atoms with Crippen LogP contribution in [0.3, 0.4) is 0 Å². The Morgan fingerprint density at radius 3 is 2.25 bits per heavy atom. The molecule has 2 heterocycles. The van der Waals surface area contributed by atoms with Crippen LogP contribution in [0, 0.1) is 0 Å². The van der Waals surface area contributed by atoms with E-state index in [1.165, 1.54) is 57.0 Å². The molecule has 0 spiro atoms. The van der Waals surface area contributed by atoms with Gasteiger partial charge in [0, 0.05) is 36.3 Å². The maximum absolute atomic E-state index is 10.9. The number of anilines is 1. The van der Waals surface area contributed by atoms with E-state index in [0.717, 1.165) is 25.2 Å². The third kappa shape index (κ3) is 4.24. The summed E-state index contributed by atoms with van der Waals surface area (Å²) in [7, 11) is 0. The molecule has 1 aliphatic heterocycles. The first-order chi connectivity index (χ1) is 17.7. The van der Waals surface area contributed by atoms with Crippen LogP contribution in [0.2, 0.25) is 0 Å². The molecule has 1 N–H and O–H groups in total.